The summed E-state index contributed by atoms with van der Waals surface area (Å²) in [7, 11) is 1.69. The molecule has 39 heavy (non-hydrogen) atoms. The van der Waals surface area contributed by atoms with Gasteiger partial charge in [0.25, 0.3) is 0 Å². The number of hydrogen-bond donors (Lipinski definition) is 0. The Morgan fingerprint density at radius 2 is 1.79 bits per heavy atom. The molecule has 1 aliphatic carbocycles. The third kappa shape index (κ3) is 6.73. The molecule has 0 bridgehead atoms. The van der Waals surface area contributed by atoms with E-state index in [1.807, 2.05) is 18.2 Å². The monoisotopic (exact) mass is 534 g/mol. The zero-order chi connectivity index (χ0) is 27.2. The molecule has 0 radical (unpaired) electrons. The third-order valence-electron chi connectivity index (χ3n) is 8.28. The van der Waals surface area contributed by atoms with Gasteiger partial charge in [0, 0.05) is 25.3 Å². The van der Waals surface area contributed by atoms with Crippen LogP contribution in [0.4, 0.5) is 14.5 Å². The second kappa shape index (κ2) is 12.8. The normalized spacial score (nSPS) is 17.5. The second-order valence-corrected chi connectivity index (χ2v) is 10.8. The molecule has 0 spiro atoms. The molecule has 1 unspecified atom stereocenters. The van der Waals surface area contributed by atoms with Gasteiger partial charge >= 0.3 is 0 Å². The number of fused-ring (bicyclic) bond motifs is 1. The summed E-state index contributed by atoms with van der Waals surface area (Å²) in [4.78, 5) is 4.60. The number of aryl methyl sites for hydroxylation is 1. The van der Waals surface area contributed by atoms with Crippen LogP contribution in [0.15, 0.2) is 54.6 Å². The van der Waals surface area contributed by atoms with Crippen molar-refractivity contribution in [3.05, 3.63) is 88.5 Å². The van der Waals surface area contributed by atoms with E-state index in [2.05, 4.69) is 28.9 Å². The van der Waals surface area contributed by atoms with Gasteiger partial charge < -0.3 is 14.4 Å². The van der Waals surface area contributed by atoms with Gasteiger partial charge in [-0.1, -0.05) is 18.6 Å². The number of anilines is 1. The number of rotatable bonds is 10. The Morgan fingerprint density at radius 1 is 0.949 bits per heavy atom. The lowest BCUT2D eigenvalue weighted by Gasteiger charge is -2.31. The molecule has 0 N–H and O–H groups in total. The van der Waals surface area contributed by atoms with Gasteiger partial charge in [0.2, 0.25) is 0 Å². The quantitative estimate of drug-likeness (QED) is 0.276. The first-order valence-electron chi connectivity index (χ1n) is 14.4. The maximum absolute atomic E-state index is 15.0. The highest BCUT2D eigenvalue weighted by Gasteiger charge is 2.25. The fraction of sp³-hybridized carbons (Fsp3) is 0.455. The Labute approximate surface area is 231 Å². The van der Waals surface area contributed by atoms with E-state index in [1.54, 1.807) is 25.3 Å². The van der Waals surface area contributed by atoms with Crippen LogP contribution in [0.2, 0.25) is 0 Å². The number of piperidine rings is 1. The highest BCUT2D eigenvalue weighted by molar-refractivity contribution is 5.57. The zero-order valence-electron chi connectivity index (χ0n) is 23.2. The molecule has 4 nitrogen and oxygen atoms in total. The smallest absolute Gasteiger partial charge is 0.165 e. The highest BCUT2D eigenvalue weighted by atomic mass is 19.1. The molecule has 1 fully saturated rings. The van der Waals surface area contributed by atoms with Crippen molar-refractivity contribution >= 4 is 5.69 Å². The van der Waals surface area contributed by atoms with Crippen LogP contribution in [-0.2, 0) is 19.4 Å². The minimum Gasteiger partial charge on any atom is -0.497 e. The number of benzene rings is 3. The summed E-state index contributed by atoms with van der Waals surface area (Å²) in [5.41, 5.74) is 5.52. The molecule has 3 aromatic carbocycles. The van der Waals surface area contributed by atoms with Crippen LogP contribution in [0.3, 0.4) is 0 Å². The lowest BCUT2D eigenvalue weighted by molar-refractivity contribution is 0.180. The van der Waals surface area contributed by atoms with E-state index >= 15 is 0 Å². The van der Waals surface area contributed by atoms with E-state index in [0.717, 1.165) is 68.0 Å². The predicted molar refractivity (Wildman–Crippen MR) is 153 cm³/mol. The van der Waals surface area contributed by atoms with E-state index in [0.29, 0.717) is 18.9 Å². The van der Waals surface area contributed by atoms with Crippen LogP contribution in [-0.4, -0.2) is 44.8 Å². The lowest BCUT2D eigenvalue weighted by atomic mass is 9.79. The summed E-state index contributed by atoms with van der Waals surface area (Å²) < 4.78 is 40.7. The van der Waals surface area contributed by atoms with Gasteiger partial charge in [0.15, 0.2) is 11.6 Å². The van der Waals surface area contributed by atoms with E-state index in [9.17, 15) is 8.78 Å². The molecule has 6 heteroatoms. The molecule has 1 aliphatic heterocycles. The maximum Gasteiger partial charge on any atom is 0.165 e. The van der Waals surface area contributed by atoms with Gasteiger partial charge in [-0.15, -0.1) is 0 Å². The average molecular weight is 535 g/mol. The highest BCUT2D eigenvalue weighted by Crippen LogP contribution is 2.39. The summed E-state index contributed by atoms with van der Waals surface area (Å²) in [6, 6.07) is 16.6. The molecule has 1 saturated heterocycles. The van der Waals surface area contributed by atoms with Gasteiger partial charge in [-0.25, -0.2) is 8.78 Å². The topological polar surface area (TPSA) is 24.9 Å². The molecule has 208 valence electrons. The molecule has 3 aromatic rings. The molecular weight excluding hydrogens is 494 g/mol. The SMILES string of the molecule is CCN(Cc1ccc(OCCN2CCCCC2)c(F)c1)c1ccc(F)cc1C1CCc2cc(OC)ccc2C1. The van der Waals surface area contributed by atoms with Crippen LogP contribution in [0, 0.1) is 11.6 Å². The van der Waals surface area contributed by atoms with Crippen molar-refractivity contribution in [1.29, 1.82) is 0 Å². The van der Waals surface area contributed by atoms with E-state index in [4.69, 9.17) is 9.47 Å². The van der Waals surface area contributed by atoms with Crippen molar-refractivity contribution in [3.8, 4) is 11.5 Å². The molecule has 0 aromatic heterocycles. The van der Waals surface area contributed by atoms with Gasteiger partial charge in [-0.2, -0.15) is 0 Å². The van der Waals surface area contributed by atoms with Crippen LogP contribution >= 0.6 is 0 Å². The van der Waals surface area contributed by atoms with Crippen molar-refractivity contribution in [2.24, 2.45) is 0 Å². The number of likely N-dealkylation sites (tertiary alicyclic amines) is 1. The Morgan fingerprint density at radius 3 is 2.56 bits per heavy atom. The lowest BCUT2D eigenvalue weighted by Crippen LogP contribution is -2.33. The van der Waals surface area contributed by atoms with Crippen LogP contribution < -0.4 is 14.4 Å². The minimum atomic E-state index is -0.333. The fourth-order valence-electron chi connectivity index (χ4n) is 6.08. The summed E-state index contributed by atoms with van der Waals surface area (Å²) in [6.45, 7) is 6.89. The van der Waals surface area contributed by atoms with Gasteiger partial charge in [-0.05, 0) is 123 Å². The van der Waals surface area contributed by atoms with Crippen LogP contribution in [0.1, 0.15) is 60.8 Å². The molecule has 0 saturated carbocycles. The summed E-state index contributed by atoms with van der Waals surface area (Å²) in [6.07, 6.45) is 6.51. The Kier molecular flexibility index (Phi) is 9.02. The number of hydrogen-bond acceptors (Lipinski definition) is 4. The third-order valence-corrected chi connectivity index (χ3v) is 8.28. The minimum absolute atomic E-state index is 0.220. The Balaban J connectivity index is 1.28. The average Bonchev–Trinajstić information content (AvgIpc) is 2.97. The fourth-order valence-corrected chi connectivity index (χ4v) is 6.08. The van der Waals surface area contributed by atoms with Gasteiger partial charge in [0.05, 0.1) is 7.11 Å². The van der Waals surface area contributed by atoms with Crippen molar-refractivity contribution in [2.75, 3.05) is 44.8 Å². The largest absolute Gasteiger partial charge is 0.497 e. The molecular formula is C33H40F2N2O2. The first-order chi connectivity index (χ1) is 19.0. The first kappa shape index (κ1) is 27.4. The van der Waals surface area contributed by atoms with Crippen molar-refractivity contribution in [2.45, 2.75) is 57.9 Å². The van der Waals surface area contributed by atoms with Crippen molar-refractivity contribution in [1.82, 2.24) is 4.90 Å². The first-order valence-corrected chi connectivity index (χ1v) is 14.4. The van der Waals surface area contributed by atoms with E-state index < -0.39 is 0 Å². The molecule has 0 amide bonds. The summed E-state index contributed by atoms with van der Waals surface area (Å²) in [5.74, 6) is 0.849. The summed E-state index contributed by atoms with van der Waals surface area (Å²) in [5, 5.41) is 0. The van der Waals surface area contributed by atoms with Crippen molar-refractivity contribution < 1.29 is 18.3 Å². The molecule has 2 aliphatic rings. The molecule has 5 rings (SSSR count). The van der Waals surface area contributed by atoms with E-state index in [-0.39, 0.29) is 17.6 Å². The standard InChI is InChI=1S/C33H40F2N2O2/c1-3-37(23-24-7-14-33(31(35)19-24)39-18-17-36-15-5-4-6-16-36)32-13-11-28(34)22-30(32)27-9-8-26-21-29(38-2)12-10-25(26)20-27/h7,10-14,19,21-22,27H,3-6,8-9,15-18,20,23H2,1-2H3. The number of nitrogens with zero attached hydrogens (tertiary/aromatic N) is 2. The second-order valence-electron chi connectivity index (χ2n) is 10.8. The number of halogens is 2. The van der Waals surface area contributed by atoms with Gasteiger partial charge in [-0.3, -0.25) is 4.90 Å². The zero-order valence-corrected chi connectivity index (χ0v) is 23.2. The number of ether oxygens (including phenoxy) is 2. The molecule has 1 atom stereocenters. The Hall–Kier alpha value is -3.12. The van der Waals surface area contributed by atoms with Crippen molar-refractivity contribution in [3.63, 3.8) is 0 Å². The van der Waals surface area contributed by atoms with Gasteiger partial charge in [0.1, 0.15) is 18.2 Å². The molecule has 1 heterocycles. The van der Waals surface area contributed by atoms with Crippen LogP contribution in [0.5, 0.6) is 11.5 Å². The van der Waals surface area contributed by atoms with Crippen LogP contribution in [0.25, 0.3) is 0 Å². The summed E-state index contributed by atoms with van der Waals surface area (Å²) >= 11 is 0. The Bertz CT molecular complexity index is 1260. The van der Waals surface area contributed by atoms with E-state index in [1.165, 1.54) is 36.5 Å². The predicted octanol–water partition coefficient (Wildman–Crippen LogP) is 7.14. The number of methoxy groups -OCH3 is 1. The maximum atomic E-state index is 15.0.